The second-order valence-electron chi connectivity index (χ2n) is 5.02. The predicted molar refractivity (Wildman–Crippen MR) is 75.2 cm³/mol. The van der Waals surface area contributed by atoms with Crippen LogP contribution in [-0.2, 0) is 10.3 Å². The van der Waals surface area contributed by atoms with Crippen molar-refractivity contribution in [2.75, 3.05) is 13.7 Å². The van der Waals surface area contributed by atoms with E-state index in [1.54, 1.807) is 14.0 Å². The lowest BCUT2D eigenvalue weighted by Gasteiger charge is -2.22. The molecule has 1 atom stereocenters. The van der Waals surface area contributed by atoms with Crippen LogP contribution in [0.2, 0.25) is 0 Å². The van der Waals surface area contributed by atoms with Gasteiger partial charge in [0.15, 0.2) is 0 Å². The molecule has 0 aliphatic rings. The van der Waals surface area contributed by atoms with Gasteiger partial charge in [-0.25, -0.2) is 0 Å². The Balaban J connectivity index is 2.22. The number of hydrogen-bond donors (Lipinski definition) is 1. The van der Waals surface area contributed by atoms with Crippen LogP contribution in [0.25, 0.3) is 21.9 Å². The molecule has 1 unspecified atom stereocenters. The fourth-order valence-corrected chi connectivity index (χ4v) is 2.43. The van der Waals surface area contributed by atoms with E-state index in [9.17, 15) is 5.11 Å². The number of hydrogen-bond acceptors (Lipinski definition) is 3. The Hall–Kier alpha value is -1.84. The lowest BCUT2D eigenvalue weighted by atomic mass is 9.95. The Labute approximate surface area is 111 Å². The lowest BCUT2D eigenvalue weighted by molar-refractivity contribution is -0.0207. The number of ether oxygens (including phenoxy) is 1. The lowest BCUT2D eigenvalue weighted by Crippen LogP contribution is -2.26. The van der Waals surface area contributed by atoms with Crippen LogP contribution in [0.4, 0.5) is 0 Å². The summed E-state index contributed by atoms with van der Waals surface area (Å²) < 4.78 is 10.8. The molecule has 0 fully saturated rings. The van der Waals surface area contributed by atoms with Gasteiger partial charge in [0.2, 0.25) is 0 Å². The van der Waals surface area contributed by atoms with Gasteiger partial charge in [-0.05, 0) is 30.7 Å². The summed E-state index contributed by atoms with van der Waals surface area (Å²) in [5.74, 6) is 0. The average Bonchev–Trinajstić information content (AvgIpc) is 2.76. The summed E-state index contributed by atoms with van der Waals surface area (Å²) in [7, 11) is 1.58. The molecule has 1 N–H and O–H groups in total. The van der Waals surface area contributed by atoms with Crippen molar-refractivity contribution in [2.45, 2.75) is 12.5 Å². The van der Waals surface area contributed by atoms with Crippen molar-refractivity contribution in [1.29, 1.82) is 0 Å². The Morgan fingerprint density at radius 3 is 2.63 bits per heavy atom. The molecule has 3 heteroatoms. The largest absolute Gasteiger partial charge is 0.456 e. The average molecular weight is 256 g/mol. The number of fused-ring (bicyclic) bond motifs is 3. The van der Waals surface area contributed by atoms with Gasteiger partial charge < -0.3 is 14.3 Å². The molecule has 0 aliphatic carbocycles. The zero-order chi connectivity index (χ0) is 13.5. The standard InChI is InChI=1S/C16H16O3/c1-16(17,10-18-2)11-7-8-15-13(9-11)12-5-3-4-6-14(12)19-15/h3-9,17H,10H2,1-2H3. The quantitative estimate of drug-likeness (QED) is 0.780. The molecule has 98 valence electrons. The van der Waals surface area contributed by atoms with Crippen molar-refractivity contribution in [2.24, 2.45) is 0 Å². The highest BCUT2D eigenvalue weighted by atomic mass is 16.5. The van der Waals surface area contributed by atoms with Gasteiger partial charge >= 0.3 is 0 Å². The molecule has 3 nitrogen and oxygen atoms in total. The van der Waals surface area contributed by atoms with Gasteiger partial charge in [-0.2, -0.15) is 0 Å². The van der Waals surface area contributed by atoms with Crippen molar-refractivity contribution < 1.29 is 14.3 Å². The van der Waals surface area contributed by atoms with Crippen LogP contribution >= 0.6 is 0 Å². The first-order chi connectivity index (χ1) is 9.12. The SMILES string of the molecule is COCC(C)(O)c1ccc2oc3ccccc3c2c1. The van der Waals surface area contributed by atoms with Crippen LogP contribution in [0.1, 0.15) is 12.5 Å². The number of aliphatic hydroxyl groups is 1. The molecule has 1 heterocycles. The van der Waals surface area contributed by atoms with Crippen LogP contribution in [0.5, 0.6) is 0 Å². The molecule has 0 saturated heterocycles. The molecule has 0 bridgehead atoms. The first kappa shape index (κ1) is 12.2. The smallest absolute Gasteiger partial charge is 0.135 e. The van der Waals surface area contributed by atoms with Gasteiger partial charge in [-0.1, -0.05) is 24.3 Å². The summed E-state index contributed by atoms with van der Waals surface area (Å²) in [5, 5.41) is 12.5. The fourth-order valence-electron chi connectivity index (χ4n) is 2.43. The van der Waals surface area contributed by atoms with Gasteiger partial charge in [0, 0.05) is 17.9 Å². The number of furan rings is 1. The molecule has 3 rings (SSSR count). The van der Waals surface area contributed by atoms with E-state index in [2.05, 4.69) is 0 Å². The highest BCUT2D eigenvalue weighted by Crippen LogP contribution is 2.32. The second kappa shape index (κ2) is 4.37. The number of para-hydroxylation sites is 1. The summed E-state index contributed by atoms with van der Waals surface area (Å²) in [6, 6.07) is 13.7. The van der Waals surface area contributed by atoms with Crippen LogP contribution < -0.4 is 0 Å². The summed E-state index contributed by atoms with van der Waals surface area (Å²) >= 11 is 0. The normalized spacial score (nSPS) is 14.9. The maximum Gasteiger partial charge on any atom is 0.135 e. The monoisotopic (exact) mass is 256 g/mol. The van der Waals surface area contributed by atoms with E-state index >= 15 is 0 Å². The number of benzene rings is 2. The van der Waals surface area contributed by atoms with Crippen molar-refractivity contribution in [3.05, 3.63) is 48.0 Å². The minimum Gasteiger partial charge on any atom is -0.456 e. The highest BCUT2D eigenvalue weighted by Gasteiger charge is 2.23. The molecule has 2 aromatic carbocycles. The summed E-state index contributed by atoms with van der Waals surface area (Å²) in [6.07, 6.45) is 0. The minimum absolute atomic E-state index is 0.258. The van der Waals surface area contributed by atoms with Crippen LogP contribution in [0, 0.1) is 0 Å². The maximum atomic E-state index is 10.4. The van der Waals surface area contributed by atoms with Gasteiger partial charge in [-0.3, -0.25) is 0 Å². The van der Waals surface area contributed by atoms with Crippen LogP contribution in [0.3, 0.4) is 0 Å². The third-order valence-electron chi connectivity index (χ3n) is 3.42. The minimum atomic E-state index is -0.999. The molecule has 3 aromatic rings. The van der Waals surface area contributed by atoms with E-state index in [-0.39, 0.29) is 6.61 Å². The molecular weight excluding hydrogens is 240 g/mol. The van der Waals surface area contributed by atoms with Gasteiger partial charge in [0.05, 0.1) is 6.61 Å². The van der Waals surface area contributed by atoms with E-state index in [0.29, 0.717) is 0 Å². The molecular formula is C16H16O3. The number of methoxy groups -OCH3 is 1. The van der Waals surface area contributed by atoms with E-state index in [1.165, 1.54) is 0 Å². The van der Waals surface area contributed by atoms with Crippen molar-refractivity contribution in [3.8, 4) is 0 Å². The van der Waals surface area contributed by atoms with E-state index in [0.717, 1.165) is 27.5 Å². The van der Waals surface area contributed by atoms with Crippen molar-refractivity contribution in [3.63, 3.8) is 0 Å². The maximum absolute atomic E-state index is 10.4. The Kier molecular flexibility index (Phi) is 2.81. The third kappa shape index (κ3) is 2.01. The van der Waals surface area contributed by atoms with E-state index < -0.39 is 5.60 Å². The summed E-state index contributed by atoms with van der Waals surface area (Å²) in [6.45, 7) is 2.01. The molecule has 19 heavy (non-hydrogen) atoms. The van der Waals surface area contributed by atoms with Crippen LogP contribution in [0.15, 0.2) is 46.9 Å². The summed E-state index contributed by atoms with van der Waals surface area (Å²) in [5.41, 5.74) is 1.52. The Bertz CT molecular complexity index is 725. The highest BCUT2D eigenvalue weighted by molar-refractivity contribution is 6.05. The molecule has 0 aliphatic heterocycles. The molecule has 0 amide bonds. The van der Waals surface area contributed by atoms with E-state index in [4.69, 9.17) is 9.15 Å². The zero-order valence-corrected chi connectivity index (χ0v) is 11.0. The van der Waals surface area contributed by atoms with Gasteiger partial charge in [-0.15, -0.1) is 0 Å². The van der Waals surface area contributed by atoms with Gasteiger partial charge in [0.1, 0.15) is 16.8 Å². The number of rotatable bonds is 3. The molecule has 0 saturated carbocycles. The fraction of sp³-hybridized carbons (Fsp3) is 0.250. The predicted octanol–water partition coefficient (Wildman–Crippen LogP) is 3.44. The molecule has 0 radical (unpaired) electrons. The second-order valence-corrected chi connectivity index (χ2v) is 5.02. The zero-order valence-electron chi connectivity index (χ0n) is 11.0. The Morgan fingerprint density at radius 2 is 1.84 bits per heavy atom. The van der Waals surface area contributed by atoms with Crippen molar-refractivity contribution in [1.82, 2.24) is 0 Å². The first-order valence-corrected chi connectivity index (χ1v) is 6.25. The topological polar surface area (TPSA) is 42.6 Å². The third-order valence-corrected chi connectivity index (χ3v) is 3.42. The van der Waals surface area contributed by atoms with Crippen molar-refractivity contribution >= 4 is 21.9 Å². The molecule has 0 spiro atoms. The molecule has 1 aromatic heterocycles. The Morgan fingerprint density at radius 1 is 1.11 bits per heavy atom. The van der Waals surface area contributed by atoms with E-state index in [1.807, 2.05) is 42.5 Å². The summed E-state index contributed by atoms with van der Waals surface area (Å²) in [4.78, 5) is 0. The van der Waals surface area contributed by atoms with Crippen LogP contribution in [-0.4, -0.2) is 18.8 Å². The first-order valence-electron chi connectivity index (χ1n) is 6.25. The van der Waals surface area contributed by atoms with Gasteiger partial charge in [0.25, 0.3) is 0 Å².